The molecule has 62 heavy (non-hydrogen) atoms. The highest BCUT2D eigenvalue weighted by atomic mass is 16.7. The maximum Gasteiger partial charge on any atom is 0.311 e. The van der Waals surface area contributed by atoms with Gasteiger partial charge in [0, 0.05) is 32.0 Å². The number of ether oxygens (including phenoxy) is 7. The number of esters is 1. The normalized spacial score (nSPS) is 44.2. The number of carbonyl (C=O) groups is 1. The van der Waals surface area contributed by atoms with E-state index >= 15 is 0 Å². The van der Waals surface area contributed by atoms with Crippen molar-refractivity contribution in [3.8, 4) is 5.75 Å². The zero-order valence-electron chi connectivity index (χ0n) is 40.1. The highest BCUT2D eigenvalue weighted by Gasteiger charge is 2.58. The van der Waals surface area contributed by atoms with E-state index in [-0.39, 0.29) is 43.9 Å². The summed E-state index contributed by atoms with van der Waals surface area (Å²) >= 11 is 0. The van der Waals surface area contributed by atoms with Crippen molar-refractivity contribution >= 4 is 5.97 Å². The first-order valence-electron chi connectivity index (χ1n) is 23.1. The molecular formula is C47H83N3O12. The van der Waals surface area contributed by atoms with Gasteiger partial charge in [0.2, 0.25) is 0 Å². The first kappa shape index (κ1) is 52.6. The standard InChI is InChI=1S/C47H83N3O12/c1-15-21-49-26-47(55)33(9)58-37(24-45(47,11)56-14)61-38-30(6)41(62-43-39(35(48-13)22-29(5)57-43)59-34-19-17-27(3)18-20-34)44(10,53)23-28(4)25-50-32(8)40(51)46(12,54)36(16-2)60-42(52)31(38)7/h17-20,28-33,35-41,43,48-51,53-55H,15-16,21-26H2,1-14H3/t28-,29-,30+,31-,32-,33+,35+,36-,37+,38+,39-,40-,41-,43+,44-,45-,46-,47+/m1/s1. The largest absolute Gasteiger partial charge is 0.483 e. The lowest BCUT2D eigenvalue weighted by atomic mass is 9.75. The Morgan fingerprint density at radius 3 is 2.19 bits per heavy atom. The molecule has 0 spiro atoms. The summed E-state index contributed by atoms with van der Waals surface area (Å²) in [5.74, 6) is -1.98. The van der Waals surface area contributed by atoms with Crippen LogP contribution < -0.4 is 20.7 Å². The number of aryl methyl sites for hydroxylation is 1. The van der Waals surface area contributed by atoms with Crippen LogP contribution in [-0.2, 0) is 33.2 Å². The molecule has 0 amide bonds. The van der Waals surface area contributed by atoms with Crippen LogP contribution in [0.5, 0.6) is 5.75 Å². The van der Waals surface area contributed by atoms with Gasteiger partial charge in [0.1, 0.15) is 34.8 Å². The van der Waals surface area contributed by atoms with Crippen LogP contribution in [0.15, 0.2) is 24.3 Å². The van der Waals surface area contributed by atoms with Gasteiger partial charge in [-0.1, -0.05) is 45.4 Å². The predicted molar refractivity (Wildman–Crippen MR) is 237 cm³/mol. The molecule has 3 aliphatic heterocycles. The molecule has 0 radical (unpaired) electrons. The Labute approximate surface area is 371 Å². The molecule has 15 heteroatoms. The number of aliphatic hydroxyl groups is 4. The minimum atomic E-state index is -1.82. The van der Waals surface area contributed by atoms with Crippen LogP contribution in [0, 0.1) is 24.7 Å². The fourth-order valence-electron chi connectivity index (χ4n) is 9.90. The molecule has 1 aromatic carbocycles. The minimum Gasteiger partial charge on any atom is -0.483 e. The second-order valence-electron chi connectivity index (χ2n) is 19.5. The maximum atomic E-state index is 14.5. The van der Waals surface area contributed by atoms with Crippen molar-refractivity contribution in [3.63, 3.8) is 0 Å². The second kappa shape index (κ2) is 22.0. The van der Waals surface area contributed by atoms with Gasteiger partial charge in [0.25, 0.3) is 0 Å². The molecule has 0 aliphatic carbocycles. The number of aliphatic hydroxyl groups excluding tert-OH is 1. The SMILES string of the molecule is CCCNC[C@]1(O)[C@H](C)O[C@@H](O[C@H]2[C@H](C)[C@@H](O[C@@H]3O[C@H](C)C[C@H](NC)[C@H]3Oc3ccc(C)cc3)[C@](C)(O)C[C@@H](C)CN[C@H](C)[C@@H](O)[C@](C)(O)[C@@H](CC)OC(=O)[C@@H]2C)C[C@@]1(C)OC. The molecule has 3 heterocycles. The minimum absolute atomic E-state index is 0.101. The second-order valence-corrected chi connectivity index (χ2v) is 19.5. The molecular weight excluding hydrogens is 799 g/mol. The van der Waals surface area contributed by atoms with Crippen LogP contribution in [0.2, 0.25) is 0 Å². The Balaban J connectivity index is 1.84. The molecule has 0 saturated carbocycles. The van der Waals surface area contributed by atoms with Gasteiger partial charge in [-0.15, -0.1) is 0 Å². The van der Waals surface area contributed by atoms with E-state index in [0.717, 1.165) is 12.0 Å². The predicted octanol–water partition coefficient (Wildman–Crippen LogP) is 3.98. The van der Waals surface area contributed by atoms with Crippen molar-refractivity contribution in [2.24, 2.45) is 17.8 Å². The average molecular weight is 882 g/mol. The Bertz CT molecular complexity index is 1540. The lowest BCUT2D eigenvalue weighted by Gasteiger charge is -2.53. The number of hydrogen-bond donors (Lipinski definition) is 7. The van der Waals surface area contributed by atoms with Gasteiger partial charge in [0.15, 0.2) is 18.7 Å². The quantitative estimate of drug-likeness (QED) is 0.111. The summed E-state index contributed by atoms with van der Waals surface area (Å²) in [7, 11) is 3.42. The number of cyclic esters (lactones) is 1. The molecule has 0 aromatic heterocycles. The van der Waals surface area contributed by atoms with Crippen molar-refractivity contribution in [2.75, 3.05) is 33.8 Å². The summed E-state index contributed by atoms with van der Waals surface area (Å²) in [5, 5.41) is 58.3. The Hall–Kier alpha value is -1.99. The third-order valence-electron chi connectivity index (χ3n) is 14.0. The molecule has 15 nitrogen and oxygen atoms in total. The zero-order valence-corrected chi connectivity index (χ0v) is 40.1. The molecule has 7 N–H and O–H groups in total. The van der Waals surface area contributed by atoms with E-state index < -0.39 is 95.5 Å². The number of nitrogens with one attached hydrogen (secondary N) is 3. The fraction of sp³-hybridized carbons (Fsp3) is 0.851. The highest BCUT2D eigenvalue weighted by Crippen LogP contribution is 2.43. The van der Waals surface area contributed by atoms with Gasteiger partial charge in [-0.3, -0.25) is 4.79 Å². The van der Waals surface area contributed by atoms with Gasteiger partial charge in [0.05, 0.1) is 42.0 Å². The van der Waals surface area contributed by atoms with Gasteiger partial charge in [-0.2, -0.15) is 0 Å². The van der Waals surface area contributed by atoms with E-state index in [1.54, 1.807) is 41.7 Å². The van der Waals surface area contributed by atoms with Gasteiger partial charge < -0.3 is 69.5 Å². The Morgan fingerprint density at radius 2 is 1.60 bits per heavy atom. The van der Waals surface area contributed by atoms with E-state index in [4.69, 9.17) is 33.2 Å². The molecule has 3 saturated heterocycles. The van der Waals surface area contributed by atoms with Crippen LogP contribution in [0.25, 0.3) is 0 Å². The van der Waals surface area contributed by atoms with Crippen molar-refractivity contribution in [3.05, 3.63) is 29.8 Å². The number of benzene rings is 1. The van der Waals surface area contributed by atoms with Gasteiger partial charge >= 0.3 is 5.97 Å². The summed E-state index contributed by atoms with van der Waals surface area (Å²) in [5.41, 5.74) is -4.86. The highest BCUT2D eigenvalue weighted by molar-refractivity contribution is 5.73. The summed E-state index contributed by atoms with van der Waals surface area (Å²) in [6, 6.07) is 6.99. The molecule has 4 rings (SSSR count). The monoisotopic (exact) mass is 882 g/mol. The molecule has 358 valence electrons. The molecule has 18 atom stereocenters. The van der Waals surface area contributed by atoms with Crippen molar-refractivity contribution in [2.45, 2.75) is 205 Å². The van der Waals surface area contributed by atoms with Gasteiger partial charge in [-0.25, -0.2) is 0 Å². The topological polar surface area (TPSA) is 199 Å². The number of carbonyl (C=O) groups excluding carboxylic acids is 1. The molecule has 3 aliphatic rings. The molecule has 0 bridgehead atoms. The van der Waals surface area contributed by atoms with Crippen LogP contribution >= 0.6 is 0 Å². The number of hydrogen-bond acceptors (Lipinski definition) is 15. The molecule has 1 aromatic rings. The average Bonchev–Trinajstić information content (AvgIpc) is 3.22. The third kappa shape index (κ3) is 12.1. The van der Waals surface area contributed by atoms with E-state index in [1.807, 2.05) is 72.9 Å². The number of methoxy groups -OCH3 is 1. The van der Waals surface area contributed by atoms with Crippen LogP contribution in [0.1, 0.15) is 114 Å². The van der Waals surface area contributed by atoms with E-state index in [2.05, 4.69) is 16.0 Å². The lowest BCUT2D eigenvalue weighted by Crippen LogP contribution is -2.70. The summed E-state index contributed by atoms with van der Waals surface area (Å²) in [4.78, 5) is 14.5. The number of rotatable bonds is 13. The number of likely N-dealkylation sites (N-methyl/N-ethyl adjacent to an activating group) is 1. The van der Waals surface area contributed by atoms with E-state index in [0.29, 0.717) is 25.3 Å². The third-order valence-corrected chi connectivity index (χ3v) is 14.0. The van der Waals surface area contributed by atoms with Crippen LogP contribution in [-0.4, -0.2) is 150 Å². The van der Waals surface area contributed by atoms with Crippen LogP contribution in [0.3, 0.4) is 0 Å². The van der Waals surface area contributed by atoms with Crippen molar-refractivity contribution in [1.82, 2.24) is 16.0 Å². The summed E-state index contributed by atoms with van der Waals surface area (Å²) in [6.07, 6.45) is -5.98. The van der Waals surface area contributed by atoms with Crippen LogP contribution in [0.4, 0.5) is 0 Å². The maximum absolute atomic E-state index is 14.5. The zero-order chi connectivity index (χ0) is 46.4. The smallest absolute Gasteiger partial charge is 0.311 e. The summed E-state index contributed by atoms with van der Waals surface area (Å²) in [6.45, 7) is 23.2. The fourth-order valence-corrected chi connectivity index (χ4v) is 9.90. The van der Waals surface area contributed by atoms with Crippen molar-refractivity contribution < 1.29 is 58.4 Å². The van der Waals surface area contributed by atoms with Gasteiger partial charge in [-0.05, 0) is 119 Å². The molecule has 0 unspecified atom stereocenters. The van der Waals surface area contributed by atoms with E-state index in [9.17, 15) is 25.2 Å². The molecule has 3 fully saturated rings. The first-order valence-corrected chi connectivity index (χ1v) is 23.1. The van der Waals surface area contributed by atoms with E-state index in [1.165, 1.54) is 6.92 Å². The first-order chi connectivity index (χ1) is 29.0. The van der Waals surface area contributed by atoms with Crippen molar-refractivity contribution in [1.29, 1.82) is 0 Å². The summed E-state index contributed by atoms with van der Waals surface area (Å²) < 4.78 is 46.0. The lowest BCUT2D eigenvalue weighted by molar-refractivity contribution is -0.335. The Morgan fingerprint density at radius 1 is 0.935 bits per heavy atom. The Kier molecular flexibility index (Phi) is 18.7.